The molecule has 0 radical (unpaired) electrons. The van der Waals surface area contributed by atoms with E-state index in [0.717, 1.165) is 18.1 Å². The van der Waals surface area contributed by atoms with Crippen molar-refractivity contribution in [2.45, 2.75) is 13.0 Å². The molecular weight excluding hydrogens is 244 g/mol. The van der Waals surface area contributed by atoms with Crippen LogP contribution in [0.25, 0.3) is 0 Å². The van der Waals surface area contributed by atoms with Crippen LogP contribution in [0.2, 0.25) is 5.15 Å². The second-order valence-electron chi connectivity index (χ2n) is 3.79. The fourth-order valence-electron chi connectivity index (χ4n) is 1.73. The van der Waals surface area contributed by atoms with Gasteiger partial charge in [-0.05, 0) is 19.1 Å². The maximum absolute atomic E-state index is 12.2. The van der Waals surface area contributed by atoms with Crippen molar-refractivity contribution in [2.75, 3.05) is 18.1 Å². The van der Waals surface area contributed by atoms with Crippen molar-refractivity contribution >= 4 is 29.3 Å². The van der Waals surface area contributed by atoms with Gasteiger partial charge in [0.05, 0.1) is 0 Å². The highest BCUT2D eigenvalue weighted by atomic mass is 35.5. The zero-order valence-corrected chi connectivity index (χ0v) is 10.6. The highest BCUT2D eigenvalue weighted by Gasteiger charge is 2.24. The van der Waals surface area contributed by atoms with Crippen LogP contribution in [0.15, 0.2) is 18.3 Å². The number of thioether (sulfide) groups is 1. The predicted molar refractivity (Wildman–Crippen MR) is 67.1 cm³/mol. The summed E-state index contributed by atoms with van der Waals surface area (Å²) in [5, 5.41) is 0.366. The van der Waals surface area contributed by atoms with Crippen LogP contribution in [0.4, 0.5) is 0 Å². The Labute approximate surface area is 104 Å². The lowest BCUT2D eigenvalue weighted by atomic mass is 10.2. The van der Waals surface area contributed by atoms with Gasteiger partial charge in [0.25, 0.3) is 5.91 Å². The van der Waals surface area contributed by atoms with Crippen LogP contribution in [0.5, 0.6) is 0 Å². The highest BCUT2D eigenvalue weighted by molar-refractivity contribution is 7.99. The van der Waals surface area contributed by atoms with Crippen LogP contribution in [-0.2, 0) is 0 Å². The minimum atomic E-state index is 0.0529. The van der Waals surface area contributed by atoms with Crippen LogP contribution in [0.1, 0.15) is 17.3 Å². The molecule has 1 unspecified atom stereocenters. The van der Waals surface area contributed by atoms with Crippen molar-refractivity contribution in [3.05, 3.63) is 29.0 Å². The summed E-state index contributed by atoms with van der Waals surface area (Å²) >= 11 is 7.67. The molecule has 0 saturated carbocycles. The molecule has 2 heterocycles. The van der Waals surface area contributed by atoms with E-state index in [1.807, 2.05) is 16.7 Å². The van der Waals surface area contributed by atoms with Crippen molar-refractivity contribution in [2.24, 2.45) is 0 Å². The van der Waals surface area contributed by atoms with E-state index in [9.17, 15) is 4.79 Å². The van der Waals surface area contributed by atoms with Crippen LogP contribution in [0.3, 0.4) is 0 Å². The zero-order chi connectivity index (χ0) is 11.5. The first-order chi connectivity index (χ1) is 7.68. The largest absolute Gasteiger partial charge is 0.334 e. The lowest BCUT2D eigenvalue weighted by Crippen LogP contribution is -2.44. The number of halogens is 1. The number of hydrogen-bond acceptors (Lipinski definition) is 3. The summed E-state index contributed by atoms with van der Waals surface area (Å²) in [7, 11) is 0. The molecule has 2 rings (SSSR count). The van der Waals surface area contributed by atoms with E-state index in [1.165, 1.54) is 0 Å². The van der Waals surface area contributed by atoms with E-state index >= 15 is 0 Å². The Hall–Kier alpha value is -0.740. The number of carbonyl (C=O) groups is 1. The minimum Gasteiger partial charge on any atom is -0.334 e. The molecule has 1 saturated heterocycles. The second kappa shape index (κ2) is 5.06. The minimum absolute atomic E-state index is 0.0529. The molecule has 0 aromatic carbocycles. The third-order valence-corrected chi connectivity index (χ3v) is 4.00. The third-order valence-electron chi connectivity index (χ3n) is 2.60. The van der Waals surface area contributed by atoms with Crippen LogP contribution in [-0.4, -0.2) is 39.9 Å². The molecule has 16 heavy (non-hydrogen) atoms. The van der Waals surface area contributed by atoms with Gasteiger partial charge in [-0.3, -0.25) is 4.79 Å². The quantitative estimate of drug-likeness (QED) is 0.723. The standard InChI is InChI=1S/C11H13ClN2OS/c1-8-7-16-5-4-14(8)11(15)9-2-3-13-10(12)6-9/h2-3,6,8H,4-5,7H2,1H3. The Balaban J connectivity index is 2.17. The summed E-state index contributed by atoms with van der Waals surface area (Å²) in [5.41, 5.74) is 0.624. The number of rotatable bonds is 1. The molecule has 1 aliphatic rings. The summed E-state index contributed by atoms with van der Waals surface area (Å²) in [6.45, 7) is 2.89. The van der Waals surface area contributed by atoms with Gasteiger partial charge in [-0.1, -0.05) is 11.6 Å². The molecule has 1 aromatic rings. The molecule has 0 aliphatic carbocycles. The first-order valence-electron chi connectivity index (χ1n) is 5.19. The Morgan fingerprint density at radius 3 is 3.19 bits per heavy atom. The molecule has 5 heteroatoms. The maximum atomic E-state index is 12.2. The third kappa shape index (κ3) is 2.50. The molecule has 3 nitrogen and oxygen atoms in total. The molecule has 1 amide bonds. The van der Waals surface area contributed by atoms with Crippen LogP contribution >= 0.6 is 23.4 Å². The average Bonchev–Trinajstić information content (AvgIpc) is 2.29. The van der Waals surface area contributed by atoms with Gasteiger partial charge in [-0.2, -0.15) is 11.8 Å². The van der Waals surface area contributed by atoms with E-state index in [4.69, 9.17) is 11.6 Å². The van der Waals surface area contributed by atoms with Crippen molar-refractivity contribution in [3.63, 3.8) is 0 Å². The number of pyridine rings is 1. The topological polar surface area (TPSA) is 33.2 Å². The van der Waals surface area contributed by atoms with Gasteiger partial charge in [0.15, 0.2) is 0 Å². The molecular formula is C11H13ClN2OS. The molecule has 1 atom stereocenters. The molecule has 0 N–H and O–H groups in total. The Kier molecular flexibility index (Phi) is 3.71. The average molecular weight is 257 g/mol. The summed E-state index contributed by atoms with van der Waals surface area (Å²) in [4.78, 5) is 18.0. The summed E-state index contributed by atoms with van der Waals surface area (Å²) < 4.78 is 0. The van der Waals surface area contributed by atoms with Crippen LogP contribution < -0.4 is 0 Å². The first kappa shape index (κ1) is 11.7. The Bertz CT molecular complexity index is 399. The van der Waals surface area contributed by atoms with E-state index in [-0.39, 0.29) is 11.9 Å². The van der Waals surface area contributed by atoms with Gasteiger partial charge in [-0.25, -0.2) is 4.98 Å². The van der Waals surface area contributed by atoms with E-state index in [0.29, 0.717) is 10.7 Å². The lowest BCUT2D eigenvalue weighted by molar-refractivity contribution is 0.0716. The normalized spacial score (nSPS) is 20.9. The molecule has 86 valence electrons. The summed E-state index contributed by atoms with van der Waals surface area (Å²) in [6, 6.07) is 3.62. The summed E-state index contributed by atoms with van der Waals surface area (Å²) in [6.07, 6.45) is 1.57. The Morgan fingerprint density at radius 2 is 2.50 bits per heavy atom. The fourth-order valence-corrected chi connectivity index (χ4v) is 2.92. The van der Waals surface area contributed by atoms with E-state index < -0.39 is 0 Å². The number of amides is 1. The Morgan fingerprint density at radius 1 is 1.69 bits per heavy atom. The number of nitrogens with zero attached hydrogens (tertiary/aromatic N) is 2. The molecule has 1 aromatic heterocycles. The van der Waals surface area contributed by atoms with E-state index in [2.05, 4.69) is 11.9 Å². The fraction of sp³-hybridized carbons (Fsp3) is 0.455. The molecule has 0 bridgehead atoms. The highest BCUT2D eigenvalue weighted by Crippen LogP contribution is 2.19. The smallest absolute Gasteiger partial charge is 0.254 e. The van der Waals surface area contributed by atoms with Crippen molar-refractivity contribution in [1.82, 2.24) is 9.88 Å². The number of carbonyl (C=O) groups excluding carboxylic acids is 1. The zero-order valence-electron chi connectivity index (χ0n) is 9.02. The second-order valence-corrected chi connectivity index (χ2v) is 5.33. The maximum Gasteiger partial charge on any atom is 0.254 e. The van der Waals surface area contributed by atoms with Crippen LogP contribution in [0, 0.1) is 0 Å². The van der Waals surface area contributed by atoms with Gasteiger partial charge in [0.2, 0.25) is 0 Å². The van der Waals surface area contributed by atoms with Crippen molar-refractivity contribution < 1.29 is 4.79 Å². The number of hydrogen-bond donors (Lipinski definition) is 0. The SMILES string of the molecule is CC1CSCCN1C(=O)c1ccnc(Cl)c1. The summed E-state index contributed by atoms with van der Waals surface area (Å²) in [5.74, 6) is 2.07. The van der Waals surface area contributed by atoms with E-state index in [1.54, 1.807) is 18.3 Å². The monoisotopic (exact) mass is 256 g/mol. The van der Waals surface area contributed by atoms with Gasteiger partial charge in [0.1, 0.15) is 5.15 Å². The lowest BCUT2D eigenvalue weighted by Gasteiger charge is -2.33. The first-order valence-corrected chi connectivity index (χ1v) is 6.72. The van der Waals surface area contributed by atoms with Gasteiger partial charge >= 0.3 is 0 Å². The van der Waals surface area contributed by atoms with Gasteiger partial charge in [-0.15, -0.1) is 0 Å². The van der Waals surface area contributed by atoms with Crippen molar-refractivity contribution in [3.8, 4) is 0 Å². The van der Waals surface area contributed by atoms with Gasteiger partial charge in [0, 0.05) is 35.9 Å². The molecule has 1 aliphatic heterocycles. The van der Waals surface area contributed by atoms with Gasteiger partial charge < -0.3 is 4.90 Å². The molecule has 0 spiro atoms. The predicted octanol–water partition coefficient (Wildman–Crippen LogP) is 2.31. The van der Waals surface area contributed by atoms with Crippen molar-refractivity contribution in [1.29, 1.82) is 0 Å². The number of aromatic nitrogens is 1. The molecule has 1 fully saturated rings.